The maximum atomic E-state index is 12.6. The van der Waals surface area contributed by atoms with Crippen LogP contribution in [0, 0.1) is 0 Å². The molecule has 0 bridgehead atoms. The van der Waals surface area contributed by atoms with Crippen molar-refractivity contribution in [2.45, 2.75) is 64.6 Å². The van der Waals surface area contributed by atoms with Gasteiger partial charge in [0.2, 0.25) is 0 Å². The standard InChI is InChI=1S/C27H37N3O/c31-27(26-13-11-23(12-14-26)21-29-15-4-1-2-5-16-29)28-20-24-9-8-10-25(19-24)22-30-17-6-3-7-18-30/h8-14,19H,1-7,15-18,20-22H2,(H,28,31). The predicted octanol–water partition coefficient (Wildman–Crippen LogP) is 4.98. The minimum absolute atomic E-state index is 0.00255. The van der Waals surface area contributed by atoms with Gasteiger partial charge in [-0.3, -0.25) is 14.6 Å². The molecule has 31 heavy (non-hydrogen) atoms. The van der Waals surface area contributed by atoms with Crippen molar-refractivity contribution in [2.75, 3.05) is 26.2 Å². The molecule has 0 aliphatic carbocycles. The van der Waals surface area contributed by atoms with E-state index in [2.05, 4.69) is 51.5 Å². The fraction of sp³-hybridized carbons (Fsp3) is 0.519. The van der Waals surface area contributed by atoms with Crippen molar-refractivity contribution in [3.05, 3.63) is 70.8 Å². The number of carbonyl (C=O) groups excluding carboxylic acids is 1. The van der Waals surface area contributed by atoms with Gasteiger partial charge in [0.25, 0.3) is 5.91 Å². The predicted molar refractivity (Wildman–Crippen MR) is 127 cm³/mol. The number of nitrogens with one attached hydrogen (secondary N) is 1. The molecule has 2 aromatic carbocycles. The van der Waals surface area contributed by atoms with E-state index in [1.165, 1.54) is 87.8 Å². The zero-order chi connectivity index (χ0) is 21.3. The van der Waals surface area contributed by atoms with Gasteiger partial charge in [-0.1, -0.05) is 55.7 Å². The number of amides is 1. The number of benzene rings is 2. The van der Waals surface area contributed by atoms with Crippen LogP contribution in [-0.2, 0) is 19.6 Å². The summed E-state index contributed by atoms with van der Waals surface area (Å²) in [5, 5.41) is 3.09. The number of likely N-dealkylation sites (tertiary alicyclic amines) is 2. The van der Waals surface area contributed by atoms with Gasteiger partial charge in [-0.2, -0.15) is 0 Å². The lowest BCUT2D eigenvalue weighted by molar-refractivity contribution is 0.0951. The van der Waals surface area contributed by atoms with Crippen molar-refractivity contribution in [2.24, 2.45) is 0 Å². The number of piperidine rings is 1. The summed E-state index contributed by atoms with van der Waals surface area (Å²) in [5.74, 6) is 0.00255. The normalized spacial score (nSPS) is 18.5. The van der Waals surface area contributed by atoms with E-state index in [4.69, 9.17) is 0 Å². The summed E-state index contributed by atoms with van der Waals surface area (Å²) in [6, 6.07) is 16.8. The van der Waals surface area contributed by atoms with Crippen molar-refractivity contribution in [1.29, 1.82) is 0 Å². The van der Waals surface area contributed by atoms with Gasteiger partial charge < -0.3 is 5.32 Å². The Hall–Kier alpha value is -2.17. The highest BCUT2D eigenvalue weighted by Gasteiger charge is 2.12. The molecule has 2 aliphatic rings. The highest BCUT2D eigenvalue weighted by molar-refractivity contribution is 5.94. The van der Waals surface area contributed by atoms with Gasteiger partial charge in [0.05, 0.1) is 0 Å². The number of hydrogen-bond donors (Lipinski definition) is 1. The summed E-state index contributed by atoms with van der Waals surface area (Å²) in [6.07, 6.45) is 9.31. The number of rotatable bonds is 7. The Bertz CT molecular complexity index is 819. The molecular weight excluding hydrogens is 382 g/mol. The van der Waals surface area contributed by atoms with Crippen LogP contribution in [0.3, 0.4) is 0 Å². The lowest BCUT2D eigenvalue weighted by atomic mass is 10.1. The largest absolute Gasteiger partial charge is 0.348 e. The van der Waals surface area contributed by atoms with Gasteiger partial charge in [0.1, 0.15) is 0 Å². The smallest absolute Gasteiger partial charge is 0.251 e. The van der Waals surface area contributed by atoms with E-state index in [1.54, 1.807) is 0 Å². The van der Waals surface area contributed by atoms with Crippen LogP contribution in [0.2, 0.25) is 0 Å². The molecule has 4 heteroatoms. The van der Waals surface area contributed by atoms with Crippen LogP contribution in [0.1, 0.15) is 72.0 Å². The highest BCUT2D eigenvalue weighted by Crippen LogP contribution is 2.15. The summed E-state index contributed by atoms with van der Waals surface area (Å²) >= 11 is 0. The van der Waals surface area contributed by atoms with Crippen molar-refractivity contribution < 1.29 is 4.79 Å². The quantitative estimate of drug-likeness (QED) is 0.688. The van der Waals surface area contributed by atoms with Crippen LogP contribution in [0.15, 0.2) is 48.5 Å². The Kier molecular flexibility index (Phi) is 8.14. The van der Waals surface area contributed by atoms with E-state index >= 15 is 0 Å². The Balaban J connectivity index is 1.27. The molecule has 4 nitrogen and oxygen atoms in total. The van der Waals surface area contributed by atoms with Crippen LogP contribution in [0.4, 0.5) is 0 Å². The van der Waals surface area contributed by atoms with Gasteiger partial charge in [0, 0.05) is 25.2 Å². The summed E-state index contributed by atoms with van der Waals surface area (Å²) in [5.41, 5.74) is 4.54. The third-order valence-corrected chi connectivity index (χ3v) is 6.62. The van der Waals surface area contributed by atoms with Crippen LogP contribution in [-0.4, -0.2) is 41.9 Å². The second-order valence-electron chi connectivity index (χ2n) is 9.23. The topological polar surface area (TPSA) is 35.6 Å². The summed E-state index contributed by atoms with van der Waals surface area (Å²) in [4.78, 5) is 17.7. The van der Waals surface area contributed by atoms with Crippen LogP contribution in [0.5, 0.6) is 0 Å². The van der Waals surface area contributed by atoms with Gasteiger partial charge >= 0.3 is 0 Å². The highest BCUT2D eigenvalue weighted by atomic mass is 16.1. The van der Waals surface area contributed by atoms with Crippen molar-refractivity contribution in [3.8, 4) is 0 Å². The molecule has 0 atom stereocenters. The fourth-order valence-corrected chi connectivity index (χ4v) is 4.81. The SMILES string of the molecule is O=C(NCc1cccc(CN2CCCCC2)c1)c1ccc(CN2CCCCCC2)cc1. The number of carbonyl (C=O) groups is 1. The third kappa shape index (κ3) is 6.91. The Morgan fingerprint density at radius 1 is 0.677 bits per heavy atom. The first kappa shape index (κ1) is 22.0. The molecule has 2 aromatic rings. The maximum absolute atomic E-state index is 12.6. The first-order chi connectivity index (χ1) is 15.3. The van der Waals surface area contributed by atoms with Gasteiger partial charge in [-0.25, -0.2) is 0 Å². The number of hydrogen-bond acceptors (Lipinski definition) is 3. The summed E-state index contributed by atoms with van der Waals surface area (Å²) < 4.78 is 0. The summed E-state index contributed by atoms with van der Waals surface area (Å²) in [6.45, 7) is 7.37. The lowest BCUT2D eigenvalue weighted by Gasteiger charge is -2.26. The molecule has 2 saturated heterocycles. The average Bonchev–Trinajstić information content (AvgIpc) is 3.08. The van der Waals surface area contributed by atoms with Gasteiger partial charge in [-0.15, -0.1) is 0 Å². The minimum Gasteiger partial charge on any atom is -0.348 e. The second-order valence-corrected chi connectivity index (χ2v) is 9.23. The van der Waals surface area contributed by atoms with Gasteiger partial charge in [0.15, 0.2) is 0 Å². The fourth-order valence-electron chi connectivity index (χ4n) is 4.81. The van der Waals surface area contributed by atoms with E-state index < -0.39 is 0 Å². The summed E-state index contributed by atoms with van der Waals surface area (Å²) in [7, 11) is 0. The van der Waals surface area contributed by atoms with E-state index in [-0.39, 0.29) is 5.91 Å². The lowest BCUT2D eigenvalue weighted by Crippen LogP contribution is -2.29. The van der Waals surface area contributed by atoms with Crippen molar-refractivity contribution in [3.63, 3.8) is 0 Å². The zero-order valence-electron chi connectivity index (χ0n) is 18.8. The monoisotopic (exact) mass is 419 g/mol. The second kappa shape index (κ2) is 11.4. The third-order valence-electron chi connectivity index (χ3n) is 6.62. The molecule has 0 unspecified atom stereocenters. The Morgan fingerprint density at radius 2 is 1.23 bits per heavy atom. The molecule has 1 N–H and O–H groups in total. The van der Waals surface area contributed by atoms with E-state index in [1.807, 2.05) is 12.1 Å². The van der Waals surface area contributed by atoms with E-state index in [0.29, 0.717) is 6.54 Å². The molecule has 0 spiro atoms. The molecule has 2 fully saturated rings. The van der Waals surface area contributed by atoms with Crippen LogP contribution in [0.25, 0.3) is 0 Å². The van der Waals surface area contributed by atoms with Crippen molar-refractivity contribution >= 4 is 5.91 Å². The Morgan fingerprint density at radius 3 is 1.87 bits per heavy atom. The molecule has 4 rings (SSSR count). The molecule has 2 heterocycles. The molecular formula is C27H37N3O. The van der Waals surface area contributed by atoms with E-state index in [0.717, 1.165) is 18.7 Å². The Labute approximate surface area is 187 Å². The zero-order valence-corrected chi connectivity index (χ0v) is 18.8. The van der Waals surface area contributed by atoms with E-state index in [9.17, 15) is 4.79 Å². The minimum atomic E-state index is 0.00255. The van der Waals surface area contributed by atoms with Crippen LogP contribution >= 0.6 is 0 Å². The molecule has 0 saturated carbocycles. The molecule has 1 amide bonds. The molecule has 2 aliphatic heterocycles. The van der Waals surface area contributed by atoms with Crippen molar-refractivity contribution in [1.82, 2.24) is 15.1 Å². The van der Waals surface area contributed by atoms with Crippen LogP contribution < -0.4 is 5.32 Å². The molecule has 166 valence electrons. The van der Waals surface area contributed by atoms with Gasteiger partial charge in [-0.05, 0) is 80.7 Å². The molecule has 0 radical (unpaired) electrons. The first-order valence-corrected chi connectivity index (χ1v) is 12.2. The maximum Gasteiger partial charge on any atom is 0.251 e. The average molecular weight is 420 g/mol. The molecule has 0 aromatic heterocycles. The number of nitrogens with zero attached hydrogens (tertiary/aromatic N) is 2. The first-order valence-electron chi connectivity index (χ1n) is 12.2.